The topological polar surface area (TPSA) is 50.9 Å². The van der Waals surface area contributed by atoms with Crippen LogP contribution in [0.1, 0.15) is 33.2 Å². The number of benzene rings is 3. The van der Waals surface area contributed by atoms with Gasteiger partial charge in [0.15, 0.2) is 5.58 Å². The molecule has 6 nitrogen and oxygen atoms in total. The summed E-state index contributed by atoms with van der Waals surface area (Å²) in [4.78, 5) is 18.3. The Hall–Kier alpha value is -4.29. The highest BCUT2D eigenvalue weighted by atomic mass is 16.5. The quantitative estimate of drug-likeness (QED) is 0.279. The first-order valence-electron chi connectivity index (χ1n) is 13.0. The maximum absolute atomic E-state index is 13.8. The molecule has 192 valence electrons. The van der Waals surface area contributed by atoms with Gasteiger partial charge in [0.05, 0.1) is 24.9 Å². The molecule has 2 aromatic heterocycles. The molecule has 0 N–H and O–H groups in total. The van der Waals surface area contributed by atoms with Crippen LogP contribution >= 0.6 is 0 Å². The third kappa shape index (κ3) is 4.71. The van der Waals surface area contributed by atoms with Crippen molar-refractivity contribution < 1.29 is 13.9 Å². The van der Waals surface area contributed by atoms with E-state index >= 15 is 0 Å². The summed E-state index contributed by atoms with van der Waals surface area (Å²) < 4.78 is 13.1. The van der Waals surface area contributed by atoms with Crippen LogP contribution in [0.3, 0.4) is 0 Å². The third-order valence-electron chi connectivity index (χ3n) is 7.41. The monoisotopic (exact) mass is 505 g/mol. The molecular weight excluding hydrogens is 474 g/mol. The lowest BCUT2D eigenvalue weighted by molar-refractivity contribution is 0.0588. The van der Waals surface area contributed by atoms with E-state index in [0.717, 1.165) is 35.5 Å². The Morgan fingerprint density at radius 3 is 2.18 bits per heavy atom. The van der Waals surface area contributed by atoms with Crippen LogP contribution in [0.15, 0.2) is 108 Å². The fourth-order valence-electron chi connectivity index (χ4n) is 5.51. The number of hydrogen-bond acceptors (Lipinski definition) is 4. The summed E-state index contributed by atoms with van der Waals surface area (Å²) in [5.74, 6) is 0.836. The Labute approximate surface area is 222 Å². The number of methoxy groups -OCH3 is 1. The predicted molar refractivity (Wildman–Crippen MR) is 149 cm³/mol. The number of fused-ring (bicyclic) bond motifs is 1. The van der Waals surface area contributed by atoms with Gasteiger partial charge >= 0.3 is 0 Å². The van der Waals surface area contributed by atoms with E-state index in [4.69, 9.17) is 9.15 Å². The van der Waals surface area contributed by atoms with Crippen LogP contribution in [0.5, 0.6) is 5.75 Å². The molecule has 1 saturated heterocycles. The molecule has 1 aliphatic rings. The lowest BCUT2D eigenvalue weighted by Gasteiger charge is -2.39. The van der Waals surface area contributed by atoms with Crippen LogP contribution < -0.4 is 4.74 Å². The molecule has 0 radical (unpaired) electrons. The predicted octanol–water partition coefficient (Wildman–Crippen LogP) is 5.84. The summed E-state index contributed by atoms with van der Waals surface area (Å²) >= 11 is 0. The Morgan fingerprint density at radius 2 is 1.53 bits per heavy atom. The molecule has 3 aromatic carbocycles. The highest BCUT2D eigenvalue weighted by molar-refractivity contribution is 5.97. The first kappa shape index (κ1) is 24.1. The Balaban J connectivity index is 1.23. The molecular formula is C32H31N3O3. The minimum atomic E-state index is 0.0370. The number of hydrogen-bond donors (Lipinski definition) is 0. The molecule has 1 amide bonds. The number of piperazine rings is 1. The molecule has 38 heavy (non-hydrogen) atoms. The summed E-state index contributed by atoms with van der Waals surface area (Å²) in [7, 11) is 1.66. The number of rotatable bonds is 7. The maximum Gasteiger partial charge on any atom is 0.270 e. The van der Waals surface area contributed by atoms with Crippen LogP contribution in [0.25, 0.3) is 11.1 Å². The number of ether oxygens (including phenoxy) is 1. The van der Waals surface area contributed by atoms with Gasteiger partial charge < -0.3 is 18.6 Å². The van der Waals surface area contributed by atoms with Crippen LogP contribution in [0.2, 0.25) is 0 Å². The van der Waals surface area contributed by atoms with Gasteiger partial charge in [-0.25, -0.2) is 0 Å². The molecule has 6 rings (SSSR count). The lowest BCUT2D eigenvalue weighted by atomic mass is 9.96. The van der Waals surface area contributed by atoms with E-state index in [1.807, 2.05) is 35.2 Å². The van der Waals surface area contributed by atoms with Crippen LogP contribution in [0.4, 0.5) is 0 Å². The average Bonchev–Trinajstić information content (AvgIpc) is 3.57. The van der Waals surface area contributed by atoms with Gasteiger partial charge in [-0.1, -0.05) is 72.8 Å². The molecule has 0 aliphatic carbocycles. The van der Waals surface area contributed by atoms with E-state index in [1.54, 1.807) is 13.4 Å². The molecule has 1 aliphatic heterocycles. The van der Waals surface area contributed by atoms with E-state index in [1.165, 1.54) is 11.1 Å². The zero-order chi connectivity index (χ0) is 25.9. The van der Waals surface area contributed by atoms with Gasteiger partial charge in [-0.05, 0) is 28.8 Å². The van der Waals surface area contributed by atoms with E-state index in [2.05, 4.69) is 76.2 Å². The van der Waals surface area contributed by atoms with Gasteiger partial charge in [-0.2, -0.15) is 0 Å². The van der Waals surface area contributed by atoms with Crippen molar-refractivity contribution in [3.63, 3.8) is 0 Å². The van der Waals surface area contributed by atoms with Crippen molar-refractivity contribution >= 4 is 17.0 Å². The number of aromatic nitrogens is 1. The normalized spacial score (nSPS) is 14.3. The summed E-state index contributed by atoms with van der Waals surface area (Å²) in [6.07, 6.45) is 1.67. The molecule has 0 atom stereocenters. The van der Waals surface area contributed by atoms with Crippen molar-refractivity contribution in [1.82, 2.24) is 14.4 Å². The number of carbonyl (C=O) groups is 1. The second kappa shape index (κ2) is 10.6. The van der Waals surface area contributed by atoms with Gasteiger partial charge in [0.2, 0.25) is 0 Å². The highest BCUT2D eigenvalue weighted by Crippen LogP contribution is 2.30. The summed E-state index contributed by atoms with van der Waals surface area (Å²) in [5.41, 5.74) is 5.90. The SMILES string of the molecule is COc1cccc(Cn2c(C(=O)N3CCN(C(c4ccccc4)c4ccccc4)CC3)cc3occc32)c1. The zero-order valence-electron chi connectivity index (χ0n) is 21.5. The summed E-state index contributed by atoms with van der Waals surface area (Å²) in [6, 6.07) is 33.2. The molecule has 0 unspecified atom stereocenters. The average molecular weight is 506 g/mol. The molecule has 3 heterocycles. The van der Waals surface area contributed by atoms with Gasteiger partial charge in [-0.3, -0.25) is 9.69 Å². The fourth-order valence-corrected chi connectivity index (χ4v) is 5.51. The van der Waals surface area contributed by atoms with Crippen LogP contribution in [-0.2, 0) is 6.54 Å². The fraction of sp³-hybridized carbons (Fsp3) is 0.219. The van der Waals surface area contributed by atoms with E-state index in [-0.39, 0.29) is 11.9 Å². The molecule has 0 spiro atoms. The number of amides is 1. The van der Waals surface area contributed by atoms with Gasteiger partial charge in [0, 0.05) is 44.9 Å². The van der Waals surface area contributed by atoms with Gasteiger partial charge in [0.25, 0.3) is 5.91 Å². The minimum Gasteiger partial charge on any atom is -0.497 e. The Kier molecular flexibility index (Phi) is 6.71. The smallest absolute Gasteiger partial charge is 0.270 e. The largest absolute Gasteiger partial charge is 0.497 e. The second-order valence-electron chi connectivity index (χ2n) is 9.69. The first-order chi connectivity index (χ1) is 18.7. The summed E-state index contributed by atoms with van der Waals surface area (Å²) in [5, 5.41) is 0. The Bertz CT molecular complexity index is 1480. The van der Waals surface area contributed by atoms with Crippen molar-refractivity contribution in [1.29, 1.82) is 0 Å². The lowest BCUT2D eigenvalue weighted by Crippen LogP contribution is -2.50. The molecule has 0 saturated carbocycles. The van der Waals surface area contributed by atoms with Crippen molar-refractivity contribution in [2.24, 2.45) is 0 Å². The van der Waals surface area contributed by atoms with Crippen molar-refractivity contribution in [2.45, 2.75) is 12.6 Å². The summed E-state index contributed by atoms with van der Waals surface area (Å²) in [6.45, 7) is 3.49. The van der Waals surface area contributed by atoms with E-state index < -0.39 is 0 Å². The maximum atomic E-state index is 13.8. The standard InChI is InChI=1S/C32H31N3O3/c1-37-27-14-8-9-24(21-27)23-35-28-15-20-38-30(28)22-29(35)32(36)34-18-16-33(17-19-34)31(25-10-4-2-5-11-25)26-12-6-3-7-13-26/h2-15,20-22,31H,16-19,23H2,1H3. The second-order valence-corrected chi connectivity index (χ2v) is 9.69. The number of furan rings is 1. The number of nitrogens with zero attached hydrogens (tertiary/aromatic N) is 3. The van der Waals surface area contributed by atoms with Gasteiger partial charge in [0.1, 0.15) is 11.4 Å². The van der Waals surface area contributed by atoms with Crippen LogP contribution in [0, 0.1) is 0 Å². The Morgan fingerprint density at radius 1 is 0.842 bits per heavy atom. The van der Waals surface area contributed by atoms with Crippen molar-refractivity contribution in [3.05, 3.63) is 126 Å². The first-order valence-corrected chi connectivity index (χ1v) is 13.0. The number of carbonyl (C=O) groups excluding carboxylic acids is 1. The molecule has 1 fully saturated rings. The molecule has 5 aromatic rings. The third-order valence-corrected chi connectivity index (χ3v) is 7.41. The van der Waals surface area contributed by atoms with Crippen LogP contribution in [-0.4, -0.2) is 53.6 Å². The van der Waals surface area contributed by atoms with Gasteiger partial charge in [-0.15, -0.1) is 0 Å². The minimum absolute atomic E-state index is 0.0370. The van der Waals surface area contributed by atoms with E-state index in [0.29, 0.717) is 25.3 Å². The highest BCUT2D eigenvalue weighted by Gasteiger charge is 2.30. The molecule has 6 heteroatoms. The van der Waals surface area contributed by atoms with Crippen molar-refractivity contribution in [3.8, 4) is 5.75 Å². The molecule has 0 bridgehead atoms. The zero-order valence-corrected chi connectivity index (χ0v) is 21.5. The van der Waals surface area contributed by atoms with Crippen molar-refractivity contribution in [2.75, 3.05) is 33.3 Å². The van der Waals surface area contributed by atoms with E-state index in [9.17, 15) is 4.79 Å².